The normalized spacial score (nSPS) is 10.9. The molecule has 0 atom stereocenters. The Labute approximate surface area is 138 Å². The number of esters is 1. The minimum absolute atomic E-state index is 0.274. The molecule has 118 valence electrons. The minimum atomic E-state index is -0.390. The zero-order chi connectivity index (χ0) is 16.1. The van der Waals surface area contributed by atoms with Crippen molar-refractivity contribution in [1.29, 1.82) is 0 Å². The molecular weight excluding hydrogens is 325 g/mol. The van der Waals surface area contributed by atoms with Crippen molar-refractivity contribution in [3.63, 3.8) is 0 Å². The standard InChI is InChI=1S/C16H17Cl2NO3/c1-2-22-16(21)15-12(4-3-5-14(18)20)11-7-6-10(9-17)8-13(11)19-15/h6-8,19H,2-5,9H2,1H3. The van der Waals surface area contributed by atoms with Crippen molar-refractivity contribution in [3.8, 4) is 0 Å². The lowest BCUT2D eigenvalue weighted by Crippen LogP contribution is -2.08. The highest BCUT2D eigenvalue weighted by atomic mass is 35.5. The number of aromatic nitrogens is 1. The van der Waals surface area contributed by atoms with Crippen molar-refractivity contribution in [2.75, 3.05) is 6.61 Å². The summed E-state index contributed by atoms with van der Waals surface area (Å²) in [7, 11) is 0. The van der Waals surface area contributed by atoms with E-state index in [1.54, 1.807) is 6.92 Å². The number of aromatic amines is 1. The Hall–Kier alpha value is -1.52. The molecule has 2 aromatic rings. The van der Waals surface area contributed by atoms with Gasteiger partial charge in [0.2, 0.25) is 5.24 Å². The lowest BCUT2D eigenvalue weighted by molar-refractivity contribution is -0.111. The van der Waals surface area contributed by atoms with Gasteiger partial charge in [-0.25, -0.2) is 4.79 Å². The van der Waals surface area contributed by atoms with Crippen LogP contribution < -0.4 is 0 Å². The molecule has 0 unspecified atom stereocenters. The minimum Gasteiger partial charge on any atom is -0.461 e. The van der Waals surface area contributed by atoms with Crippen molar-refractivity contribution in [2.45, 2.75) is 32.1 Å². The molecule has 6 heteroatoms. The summed E-state index contributed by atoms with van der Waals surface area (Å²) in [6.07, 6.45) is 1.43. The quantitative estimate of drug-likeness (QED) is 0.467. The van der Waals surface area contributed by atoms with Crippen LogP contribution >= 0.6 is 23.2 Å². The number of carbonyl (C=O) groups excluding carboxylic acids is 2. The third kappa shape index (κ3) is 3.81. The maximum atomic E-state index is 12.1. The van der Waals surface area contributed by atoms with Crippen LogP contribution in [0.5, 0.6) is 0 Å². The van der Waals surface area contributed by atoms with Crippen molar-refractivity contribution >= 4 is 45.3 Å². The average molecular weight is 342 g/mol. The predicted molar refractivity (Wildman–Crippen MR) is 87.6 cm³/mol. The van der Waals surface area contributed by atoms with Crippen LogP contribution in [0.3, 0.4) is 0 Å². The molecule has 0 spiro atoms. The number of hydrogen-bond acceptors (Lipinski definition) is 3. The zero-order valence-electron chi connectivity index (χ0n) is 12.2. The first kappa shape index (κ1) is 16.8. The first-order valence-corrected chi connectivity index (χ1v) is 8.03. The van der Waals surface area contributed by atoms with Crippen LogP contribution in [-0.4, -0.2) is 22.8 Å². The van der Waals surface area contributed by atoms with Gasteiger partial charge in [-0.2, -0.15) is 0 Å². The molecular formula is C16H17Cl2NO3. The van der Waals surface area contributed by atoms with Crippen molar-refractivity contribution in [3.05, 3.63) is 35.0 Å². The molecule has 1 aromatic carbocycles. The van der Waals surface area contributed by atoms with Crippen LogP contribution in [0.4, 0.5) is 0 Å². The van der Waals surface area contributed by atoms with Gasteiger partial charge in [-0.05, 0) is 48.6 Å². The van der Waals surface area contributed by atoms with Gasteiger partial charge in [0, 0.05) is 23.2 Å². The number of aryl methyl sites for hydroxylation is 1. The summed E-state index contributed by atoms with van der Waals surface area (Å²) in [6, 6.07) is 5.78. The van der Waals surface area contributed by atoms with Gasteiger partial charge in [0.15, 0.2) is 0 Å². The highest BCUT2D eigenvalue weighted by molar-refractivity contribution is 6.63. The van der Waals surface area contributed by atoms with Crippen LogP contribution in [-0.2, 0) is 21.8 Å². The number of alkyl halides is 1. The second-order valence-corrected chi connectivity index (χ2v) is 5.61. The largest absolute Gasteiger partial charge is 0.461 e. The fraction of sp³-hybridized carbons (Fsp3) is 0.375. The van der Waals surface area contributed by atoms with Gasteiger partial charge < -0.3 is 9.72 Å². The van der Waals surface area contributed by atoms with Gasteiger partial charge in [0.25, 0.3) is 0 Å². The third-order valence-electron chi connectivity index (χ3n) is 3.40. The van der Waals surface area contributed by atoms with E-state index in [-0.39, 0.29) is 11.7 Å². The molecule has 0 radical (unpaired) electrons. The molecule has 1 heterocycles. The molecule has 0 fully saturated rings. The SMILES string of the molecule is CCOC(=O)c1[nH]c2cc(CCl)ccc2c1CCCC(=O)Cl. The molecule has 1 N–H and O–H groups in total. The van der Waals surface area contributed by atoms with E-state index in [0.29, 0.717) is 31.0 Å². The van der Waals surface area contributed by atoms with Crippen LogP contribution in [0, 0.1) is 0 Å². The lowest BCUT2D eigenvalue weighted by Gasteiger charge is -2.04. The van der Waals surface area contributed by atoms with Gasteiger partial charge in [0.1, 0.15) is 5.69 Å². The molecule has 0 amide bonds. The van der Waals surface area contributed by atoms with Crippen LogP contribution in [0.15, 0.2) is 18.2 Å². The second-order valence-electron chi connectivity index (χ2n) is 4.92. The van der Waals surface area contributed by atoms with E-state index in [4.69, 9.17) is 27.9 Å². The molecule has 0 bridgehead atoms. The Morgan fingerprint density at radius 2 is 2.09 bits per heavy atom. The first-order valence-electron chi connectivity index (χ1n) is 7.11. The average Bonchev–Trinajstić information content (AvgIpc) is 2.85. The molecule has 0 aliphatic rings. The summed E-state index contributed by atoms with van der Waals surface area (Å²) >= 11 is 11.2. The number of nitrogens with one attached hydrogen (secondary N) is 1. The number of rotatable bonds is 7. The van der Waals surface area contributed by atoms with Gasteiger partial charge in [0.05, 0.1) is 6.61 Å². The highest BCUT2D eigenvalue weighted by Crippen LogP contribution is 2.26. The second kappa shape index (κ2) is 7.65. The molecule has 22 heavy (non-hydrogen) atoms. The number of hydrogen-bond donors (Lipinski definition) is 1. The van der Waals surface area contributed by atoms with Crippen LogP contribution in [0.1, 0.15) is 41.4 Å². The van der Waals surface area contributed by atoms with E-state index < -0.39 is 5.97 Å². The van der Waals surface area contributed by atoms with Crippen LogP contribution in [0.2, 0.25) is 0 Å². The number of carbonyl (C=O) groups is 2. The molecule has 0 aliphatic carbocycles. The summed E-state index contributed by atoms with van der Waals surface area (Å²) in [4.78, 5) is 26.1. The summed E-state index contributed by atoms with van der Waals surface area (Å²) in [6.45, 7) is 2.07. The molecule has 0 saturated heterocycles. The Kier molecular flexibility index (Phi) is 5.86. The maximum Gasteiger partial charge on any atom is 0.355 e. The Balaban J connectivity index is 2.40. The predicted octanol–water partition coefficient (Wildman–Crippen LogP) is 4.17. The Bertz CT molecular complexity index is 694. The van der Waals surface area contributed by atoms with Gasteiger partial charge in [-0.15, -0.1) is 11.6 Å². The number of benzene rings is 1. The van der Waals surface area contributed by atoms with E-state index in [1.165, 1.54) is 0 Å². The lowest BCUT2D eigenvalue weighted by atomic mass is 10.0. The first-order chi connectivity index (χ1) is 10.6. The van der Waals surface area contributed by atoms with Gasteiger partial charge in [-0.3, -0.25) is 4.79 Å². The number of ether oxygens (including phenoxy) is 1. The molecule has 1 aromatic heterocycles. The monoisotopic (exact) mass is 341 g/mol. The zero-order valence-corrected chi connectivity index (χ0v) is 13.8. The van der Waals surface area contributed by atoms with E-state index in [9.17, 15) is 9.59 Å². The van der Waals surface area contributed by atoms with Crippen LogP contribution in [0.25, 0.3) is 10.9 Å². The smallest absolute Gasteiger partial charge is 0.355 e. The van der Waals surface area contributed by atoms with E-state index in [1.807, 2.05) is 18.2 Å². The van der Waals surface area contributed by atoms with Gasteiger partial charge in [-0.1, -0.05) is 12.1 Å². The summed E-state index contributed by atoms with van der Waals surface area (Å²) < 4.78 is 5.09. The topological polar surface area (TPSA) is 59.2 Å². The molecule has 0 saturated carbocycles. The fourth-order valence-corrected chi connectivity index (χ4v) is 2.73. The fourth-order valence-electron chi connectivity index (χ4n) is 2.43. The highest BCUT2D eigenvalue weighted by Gasteiger charge is 2.19. The molecule has 2 rings (SSSR count). The van der Waals surface area contributed by atoms with Crippen molar-refractivity contribution in [1.82, 2.24) is 4.98 Å². The number of fused-ring (bicyclic) bond motifs is 1. The van der Waals surface area contributed by atoms with Gasteiger partial charge >= 0.3 is 5.97 Å². The number of halogens is 2. The van der Waals surface area contributed by atoms with Crippen molar-refractivity contribution < 1.29 is 14.3 Å². The van der Waals surface area contributed by atoms with E-state index >= 15 is 0 Å². The third-order valence-corrected chi connectivity index (χ3v) is 3.90. The van der Waals surface area contributed by atoms with Crippen molar-refractivity contribution in [2.24, 2.45) is 0 Å². The number of H-pyrrole nitrogens is 1. The van der Waals surface area contributed by atoms with E-state index in [2.05, 4.69) is 4.98 Å². The Morgan fingerprint density at radius 3 is 2.73 bits per heavy atom. The Morgan fingerprint density at radius 1 is 1.32 bits per heavy atom. The summed E-state index contributed by atoms with van der Waals surface area (Å²) in [5, 5.41) is 0.570. The summed E-state index contributed by atoms with van der Waals surface area (Å²) in [5.74, 6) is 0.0121. The van der Waals surface area contributed by atoms with E-state index in [0.717, 1.165) is 22.0 Å². The summed E-state index contributed by atoms with van der Waals surface area (Å²) in [5.41, 5.74) is 3.10. The molecule has 4 nitrogen and oxygen atoms in total. The maximum absolute atomic E-state index is 12.1. The molecule has 0 aliphatic heterocycles.